The third-order valence-corrected chi connectivity index (χ3v) is 4.08. The average molecular weight is 452 g/mol. The third kappa shape index (κ3) is 7.24. The number of amidine groups is 1. The summed E-state index contributed by atoms with van der Waals surface area (Å²) in [4.78, 5) is 26.6. The predicted octanol–water partition coefficient (Wildman–Crippen LogP) is 4.11. The fraction of sp³-hybridized carbons (Fsp3) is 0.111. The molecule has 0 radical (unpaired) electrons. The fourth-order valence-electron chi connectivity index (χ4n) is 2.03. The lowest BCUT2D eigenvalue weighted by atomic mass is 10.1. The van der Waals surface area contributed by atoms with Crippen molar-refractivity contribution < 1.29 is 14.5 Å². The molecule has 2 aromatic carbocycles. The zero-order valence-corrected chi connectivity index (χ0v) is 16.9. The van der Waals surface area contributed by atoms with Crippen molar-refractivity contribution >= 4 is 57.3 Å². The lowest BCUT2D eigenvalue weighted by molar-refractivity contribution is -0.384. The second kappa shape index (κ2) is 11.1. The monoisotopic (exact) mass is 451 g/mol. The quantitative estimate of drug-likeness (QED) is 0.177. The van der Waals surface area contributed by atoms with Gasteiger partial charge in [-0.1, -0.05) is 42.1 Å². The van der Waals surface area contributed by atoms with Crippen LogP contribution in [0.25, 0.3) is 6.08 Å². The van der Waals surface area contributed by atoms with Gasteiger partial charge in [0, 0.05) is 23.5 Å². The van der Waals surface area contributed by atoms with Crippen molar-refractivity contribution in [2.45, 2.75) is 0 Å². The van der Waals surface area contributed by atoms with Crippen LogP contribution in [-0.4, -0.2) is 28.9 Å². The van der Waals surface area contributed by atoms with Gasteiger partial charge in [0.1, 0.15) is 0 Å². The number of nitro benzene ring substituents is 1. The Morgan fingerprint density at radius 1 is 1.26 bits per heavy atom. The van der Waals surface area contributed by atoms with Crippen LogP contribution in [0, 0.1) is 10.1 Å². The first-order chi connectivity index (χ1) is 12.5. The van der Waals surface area contributed by atoms with Gasteiger partial charge >= 0.3 is 5.97 Å². The summed E-state index contributed by atoms with van der Waals surface area (Å²) in [6, 6.07) is 15.2. The number of nitro groups is 1. The highest BCUT2D eigenvalue weighted by Gasteiger charge is 2.12. The number of benzene rings is 2. The van der Waals surface area contributed by atoms with Crippen LogP contribution >= 0.6 is 28.7 Å². The molecule has 0 aliphatic heterocycles. The zero-order valence-electron chi connectivity index (χ0n) is 14.4. The molecule has 0 heterocycles. The topological polar surface area (TPSA) is 108 Å². The first-order valence-electron chi connectivity index (χ1n) is 7.55. The number of non-ortho nitro benzene ring substituents is 1. The number of nitrogens with two attached hydrogens (primary N) is 1. The molecule has 142 valence electrons. The molecule has 0 spiro atoms. The predicted molar refractivity (Wildman–Crippen MR) is 114 cm³/mol. The molecule has 2 aromatic rings. The molecule has 0 aliphatic carbocycles. The van der Waals surface area contributed by atoms with E-state index in [1.165, 1.54) is 31.0 Å². The van der Waals surface area contributed by atoms with Gasteiger partial charge < -0.3 is 10.5 Å². The SMILES string of the molecule is Br.COC(=O)/C(=C/c1cccc([N+](=O)[O-])c1)CSC(N)=Nc1ccccc1. The number of carbonyl (C=O) groups is 1. The lowest BCUT2D eigenvalue weighted by Gasteiger charge is -2.06. The maximum atomic E-state index is 12.0. The van der Waals surface area contributed by atoms with Gasteiger partial charge in [-0.2, -0.15) is 0 Å². The van der Waals surface area contributed by atoms with Crippen LogP contribution in [0.3, 0.4) is 0 Å². The summed E-state index contributed by atoms with van der Waals surface area (Å²) in [6.07, 6.45) is 1.54. The normalized spacial score (nSPS) is 11.4. The smallest absolute Gasteiger partial charge is 0.334 e. The minimum Gasteiger partial charge on any atom is -0.466 e. The van der Waals surface area contributed by atoms with E-state index in [1.807, 2.05) is 30.3 Å². The number of hydrogen-bond donors (Lipinski definition) is 1. The minimum atomic E-state index is -0.531. The summed E-state index contributed by atoms with van der Waals surface area (Å²) < 4.78 is 4.78. The number of esters is 1. The molecule has 9 heteroatoms. The van der Waals surface area contributed by atoms with Crippen molar-refractivity contribution in [3.05, 3.63) is 75.8 Å². The fourth-order valence-corrected chi connectivity index (χ4v) is 2.71. The number of rotatable bonds is 6. The molecular weight excluding hydrogens is 434 g/mol. The van der Waals surface area contributed by atoms with Gasteiger partial charge in [-0.25, -0.2) is 9.79 Å². The number of aliphatic imine (C=N–C) groups is 1. The summed E-state index contributed by atoms with van der Waals surface area (Å²) in [6.45, 7) is 0. The van der Waals surface area contributed by atoms with Crippen LogP contribution in [0.15, 0.2) is 65.2 Å². The number of methoxy groups -OCH3 is 1. The van der Waals surface area contributed by atoms with Crippen LogP contribution in [-0.2, 0) is 9.53 Å². The third-order valence-electron chi connectivity index (χ3n) is 3.24. The average Bonchev–Trinajstić information content (AvgIpc) is 2.65. The molecule has 0 unspecified atom stereocenters. The van der Waals surface area contributed by atoms with Crippen molar-refractivity contribution in [1.29, 1.82) is 0 Å². The van der Waals surface area contributed by atoms with Crippen molar-refractivity contribution in [2.24, 2.45) is 10.7 Å². The van der Waals surface area contributed by atoms with E-state index in [9.17, 15) is 14.9 Å². The van der Waals surface area contributed by atoms with Gasteiger partial charge in [0.15, 0.2) is 5.17 Å². The van der Waals surface area contributed by atoms with Gasteiger partial charge in [-0.15, -0.1) is 17.0 Å². The van der Waals surface area contributed by atoms with Crippen molar-refractivity contribution in [3.8, 4) is 0 Å². The van der Waals surface area contributed by atoms with E-state index in [0.29, 0.717) is 22.0 Å². The van der Waals surface area contributed by atoms with Crippen LogP contribution in [0.1, 0.15) is 5.56 Å². The maximum absolute atomic E-state index is 12.0. The van der Waals surface area contributed by atoms with E-state index in [0.717, 1.165) is 0 Å². The second-order valence-corrected chi connectivity index (χ2v) is 6.08. The van der Waals surface area contributed by atoms with E-state index in [-0.39, 0.29) is 28.4 Å². The molecule has 7 nitrogen and oxygen atoms in total. The summed E-state index contributed by atoms with van der Waals surface area (Å²) in [5.74, 6) is -0.311. The number of halogens is 1. The number of hydrogen-bond acceptors (Lipinski definition) is 6. The summed E-state index contributed by atoms with van der Waals surface area (Å²) >= 11 is 1.18. The van der Waals surface area contributed by atoms with E-state index in [2.05, 4.69) is 4.99 Å². The number of carbonyl (C=O) groups excluding carboxylic acids is 1. The van der Waals surface area contributed by atoms with Crippen LogP contribution in [0.2, 0.25) is 0 Å². The molecule has 0 atom stereocenters. The van der Waals surface area contributed by atoms with Crippen LogP contribution in [0.5, 0.6) is 0 Å². The Hall–Kier alpha value is -2.65. The second-order valence-electron chi connectivity index (χ2n) is 5.09. The van der Waals surface area contributed by atoms with Crippen LogP contribution in [0.4, 0.5) is 11.4 Å². The molecule has 0 aromatic heterocycles. The van der Waals surface area contributed by atoms with Crippen molar-refractivity contribution in [1.82, 2.24) is 0 Å². The molecular formula is C18H18BrN3O4S. The number of ether oxygens (including phenoxy) is 1. The highest BCUT2D eigenvalue weighted by Crippen LogP contribution is 2.19. The molecule has 0 aliphatic rings. The maximum Gasteiger partial charge on any atom is 0.334 e. The minimum absolute atomic E-state index is 0. The summed E-state index contributed by atoms with van der Waals surface area (Å²) in [7, 11) is 1.27. The lowest BCUT2D eigenvalue weighted by Crippen LogP contribution is -2.12. The molecule has 0 bridgehead atoms. The van der Waals surface area contributed by atoms with Crippen LogP contribution < -0.4 is 5.73 Å². The number of para-hydroxylation sites is 1. The van der Waals surface area contributed by atoms with E-state index >= 15 is 0 Å². The Balaban J connectivity index is 0.00000364. The molecule has 0 fully saturated rings. The molecule has 27 heavy (non-hydrogen) atoms. The number of thioether (sulfide) groups is 1. The Morgan fingerprint density at radius 3 is 2.59 bits per heavy atom. The van der Waals surface area contributed by atoms with Crippen molar-refractivity contribution in [3.63, 3.8) is 0 Å². The molecule has 2 rings (SSSR count). The van der Waals surface area contributed by atoms with Gasteiger partial charge in [0.05, 0.1) is 17.7 Å². The Morgan fingerprint density at radius 2 is 1.96 bits per heavy atom. The first-order valence-corrected chi connectivity index (χ1v) is 8.53. The molecule has 0 amide bonds. The van der Waals surface area contributed by atoms with E-state index in [1.54, 1.807) is 18.2 Å². The first kappa shape index (κ1) is 22.4. The van der Waals surface area contributed by atoms with Gasteiger partial charge in [-0.05, 0) is 23.8 Å². The Labute approximate surface area is 171 Å². The van der Waals surface area contributed by atoms with Gasteiger partial charge in [-0.3, -0.25) is 10.1 Å². The summed E-state index contributed by atoms with van der Waals surface area (Å²) in [5.41, 5.74) is 7.40. The van der Waals surface area contributed by atoms with Gasteiger partial charge in [0.25, 0.3) is 5.69 Å². The van der Waals surface area contributed by atoms with E-state index < -0.39 is 10.9 Å². The molecule has 2 N–H and O–H groups in total. The standard InChI is InChI=1S/C18H17N3O4S.BrH/c1-25-17(22)14(10-13-6-5-9-16(11-13)21(23)24)12-26-18(19)20-15-7-3-2-4-8-15;/h2-11H,12H2,1H3,(H2,19,20);1H/b14-10+;. The Kier molecular flexibility index (Phi) is 9.24. The molecule has 0 saturated heterocycles. The number of nitrogens with zero attached hydrogens (tertiary/aromatic N) is 2. The highest BCUT2D eigenvalue weighted by molar-refractivity contribution is 8.93. The van der Waals surface area contributed by atoms with Gasteiger partial charge in [0.2, 0.25) is 0 Å². The zero-order chi connectivity index (χ0) is 18.9. The molecule has 0 saturated carbocycles. The summed E-state index contributed by atoms with van der Waals surface area (Å²) in [5, 5.41) is 11.2. The van der Waals surface area contributed by atoms with E-state index in [4.69, 9.17) is 10.5 Å². The Bertz CT molecular complexity index is 857. The largest absolute Gasteiger partial charge is 0.466 e. The highest BCUT2D eigenvalue weighted by atomic mass is 79.9. The van der Waals surface area contributed by atoms with Crippen molar-refractivity contribution in [2.75, 3.05) is 12.9 Å².